The van der Waals surface area contributed by atoms with Crippen LogP contribution >= 0.6 is 0 Å². The van der Waals surface area contributed by atoms with Crippen LogP contribution in [0.4, 0.5) is 0 Å². The molecule has 26 heavy (non-hydrogen) atoms. The van der Waals surface area contributed by atoms with Gasteiger partial charge >= 0.3 is 0 Å². The first kappa shape index (κ1) is 18.2. The van der Waals surface area contributed by atoms with E-state index in [2.05, 4.69) is 22.9 Å². The molecule has 0 aliphatic rings. The standard InChI is InChI=1S/C22H27N3O/c1-4-5-10-15-25-20-14-9-8-13-19(20)24-21(25)17(3)23-22(26)18-12-7-6-11-16(18)2/h6-9,11-14,17H,4-5,10,15H2,1-3H3,(H,23,26)/t17-/m0/s1. The molecule has 1 aromatic heterocycles. The van der Waals surface area contributed by atoms with Crippen molar-refractivity contribution >= 4 is 16.9 Å². The summed E-state index contributed by atoms with van der Waals surface area (Å²) in [5, 5.41) is 3.12. The van der Waals surface area contributed by atoms with E-state index in [0.717, 1.165) is 35.4 Å². The van der Waals surface area contributed by atoms with Crippen LogP contribution in [0.5, 0.6) is 0 Å². The van der Waals surface area contributed by atoms with E-state index in [-0.39, 0.29) is 11.9 Å². The zero-order valence-electron chi connectivity index (χ0n) is 15.8. The van der Waals surface area contributed by atoms with Crippen LogP contribution in [0.1, 0.15) is 60.9 Å². The lowest BCUT2D eigenvalue weighted by molar-refractivity contribution is 0.0937. The second kappa shape index (κ2) is 8.17. The number of carbonyl (C=O) groups is 1. The van der Waals surface area contributed by atoms with Crippen molar-refractivity contribution in [3.63, 3.8) is 0 Å². The second-order valence-corrected chi connectivity index (χ2v) is 6.83. The van der Waals surface area contributed by atoms with Gasteiger partial charge in [-0.05, 0) is 44.0 Å². The molecule has 2 aromatic carbocycles. The lowest BCUT2D eigenvalue weighted by atomic mass is 10.1. The van der Waals surface area contributed by atoms with Gasteiger partial charge < -0.3 is 9.88 Å². The van der Waals surface area contributed by atoms with Crippen LogP contribution in [0.2, 0.25) is 0 Å². The topological polar surface area (TPSA) is 46.9 Å². The SMILES string of the molecule is CCCCCn1c([C@H](C)NC(=O)c2ccccc2C)nc2ccccc21. The average molecular weight is 349 g/mol. The lowest BCUT2D eigenvalue weighted by Crippen LogP contribution is -2.29. The van der Waals surface area contributed by atoms with E-state index in [1.54, 1.807) is 0 Å². The molecule has 3 aromatic rings. The van der Waals surface area contributed by atoms with Gasteiger partial charge in [0.15, 0.2) is 0 Å². The highest BCUT2D eigenvalue weighted by Crippen LogP contribution is 2.22. The Balaban J connectivity index is 1.87. The highest BCUT2D eigenvalue weighted by Gasteiger charge is 2.19. The van der Waals surface area contributed by atoms with E-state index in [1.165, 1.54) is 12.8 Å². The largest absolute Gasteiger partial charge is 0.342 e. The van der Waals surface area contributed by atoms with Crippen molar-refractivity contribution in [3.8, 4) is 0 Å². The molecule has 1 amide bonds. The maximum atomic E-state index is 12.7. The van der Waals surface area contributed by atoms with Crippen molar-refractivity contribution < 1.29 is 4.79 Å². The van der Waals surface area contributed by atoms with Crippen molar-refractivity contribution in [1.29, 1.82) is 0 Å². The van der Waals surface area contributed by atoms with Gasteiger partial charge in [0, 0.05) is 12.1 Å². The molecule has 0 aliphatic carbocycles. The lowest BCUT2D eigenvalue weighted by Gasteiger charge is -2.17. The number of unbranched alkanes of at least 4 members (excludes halogenated alkanes) is 2. The fourth-order valence-corrected chi connectivity index (χ4v) is 3.35. The predicted octanol–water partition coefficient (Wildman–Crippen LogP) is 5.03. The van der Waals surface area contributed by atoms with Gasteiger partial charge in [0.05, 0.1) is 17.1 Å². The first-order valence-electron chi connectivity index (χ1n) is 9.43. The molecule has 1 N–H and O–H groups in total. The van der Waals surface area contributed by atoms with E-state index >= 15 is 0 Å². The molecule has 0 saturated heterocycles. The Labute approximate surface area is 155 Å². The number of imidazole rings is 1. The van der Waals surface area contributed by atoms with E-state index in [0.29, 0.717) is 5.56 Å². The van der Waals surface area contributed by atoms with Gasteiger partial charge in [-0.25, -0.2) is 4.98 Å². The van der Waals surface area contributed by atoms with Gasteiger partial charge in [-0.3, -0.25) is 4.79 Å². The molecular formula is C22H27N3O. The van der Waals surface area contributed by atoms with Crippen molar-refractivity contribution in [3.05, 3.63) is 65.5 Å². The Morgan fingerprint density at radius 1 is 1.12 bits per heavy atom. The van der Waals surface area contributed by atoms with Crippen LogP contribution in [-0.4, -0.2) is 15.5 Å². The molecule has 0 spiro atoms. The van der Waals surface area contributed by atoms with Crippen LogP contribution in [0.25, 0.3) is 11.0 Å². The Kier molecular flexibility index (Phi) is 5.71. The molecule has 0 aliphatic heterocycles. The monoisotopic (exact) mass is 349 g/mol. The number of benzene rings is 2. The minimum Gasteiger partial charge on any atom is -0.342 e. The van der Waals surface area contributed by atoms with Crippen LogP contribution in [0.3, 0.4) is 0 Å². The molecule has 4 nitrogen and oxygen atoms in total. The zero-order valence-corrected chi connectivity index (χ0v) is 15.8. The van der Waals surface area contributed by atoms with Crippen molar-refractivity contribution in [2.45, 2.75) is 52.6 Å². The van der Waals surface area contributed by atoms with Crippen LogP contribution in [0, 0.1) is 6.92 Å². The van der Waals surface area contributed by atoms with E-state index in [4.69, 9.17) is 4.98 Å². The van der Waals surface area contributed by atoms with Gasteiger partial charge in [-0.15, -0.1) is 0 Å². The fourth-order valence-electron chi connectivity index (χ4n) is 3.35. The highest BCUT2D eigenvalue weighted by molar-refractivity contribution is 5.95. The van der Waals surface area contributed by atoms with Crippen molar-refractivity contribution in [2.24, 2.45) is 0 Å². The number of rotatable bonds is 7. The van der Waals surface area contributed by atoms with Crippen LogP contribution < -0.4 is 5.32 Å². The Bertz CT molecular complexity index is 897. The number of hydrogen-bond acceptors (Lipinski definition) is 2. The number of para-hydroxylation sites is 2. The molecule has 3 rings (SSSR count). The van der Waals surface area contributed by atoms with E-state index < -0.39 is 0 Å². The minimum absolute atomic E-state index is 0.0530. The third-order valence-electron chi connectivity index (χ3n) is 4.79. The molecular weight excluding hydrogens is 322 g/mol. The Morgan fingerprint density at radius 2 is 1.85 bits per heavy atom. The van der Waals surface area contributed by atoms with Gasteiger partial charge in [0.25, 0.3) is 5.91 Å². The molecule has 0 bridgehead atoms. The van der Waals surface area contributed by atoms with Gasteiger partial charge in [-0.2, -0.15) is 0 Å². The Morgan fingerprint density at radius 3 is 2.62 bits per heavy atom. The summed E-state index contributed by atoms with van der Waals surface area (Å²) < 4.78 is 2.26. The summed E-state index contributed by atoms with van der Waals surface area (Å²) in [7, 11) is 0. The smallest absolute Gasteiger partial charge is 0.252 e. The molecule has 1 heterocycles. The molecule has 136 valence electrons. The maximum absolute atomic E-state index is 12.7. The summed E-state index contributed by atoms with van der Waals surface area (Å²) in [5.74, 6) is 0.868. The van der Waals surface area contributed by atoms with Gasteiger partial charge in [0.1, 0.15) is 5.82 Å². The maximum Gasteiger partial charge on any atom is 0.252 e. The normalized spacial score (nSPS) is 12.3. The van der Waals surface area contributed by atoms with Crippen molar-refractivity contribution in [2.75, 3.05) is 0 Å². The van der Waals surface area contributed by atoms with E-state index in [9.17, 15) is 4.79 Å². The molecule has 0 radical (unpaired) electrons. The fraction of sp³-hybridized carbons (Fsp3) is 0.364. The van der Waals surface area contributed by atoms with E-state index in [1.807, 2.05) is 56.3 Å². The number of amides is 1. The summed E-state index contributed by atoms with van der Waals surface area (Å²) in [6.07, 6.45) is 3.49. The van der Waals surface area contributed by atoms with Crippen molar-refractivity contribution in [1.82, 2.24) is 14.9 Å². The first-order valence-corrected chi connectivity index (χ1v) is 9.43. The van der Waals surface area contributed by atoms with Gasteiger partial charge in [0.2, 0.25) is 0 Å². The molecule has 4 heteroatoms. The summed E-state index contributed by atoms with van der Waals surface area (Å²) in [6, 6.07) is 15.7. The summed E-state index contributed by atoms with van der Waals surface area (Å²) >= 11 is 0. The minimum atomic E-state index is -0.156. The number of nitrogens with zero attached hydrogens (tertiary/aromatic N) is 2. The average Bonchev–Trinajstić information content (AvgIpc) is 3.01. The number of hydrogen-bond donors (Lipinski definition) is 1. The first-order chi connectivity index (χ1) is 12.6. The number of nitrogens with one attached hydrogen (secondary N) is 1. The number of aryl methyl sites for hydroxylation is 2. The quantitative estimate of drug-likeness (QED) is 0.608. The number of aromatic nitrogens is 2. The Hall–Kier alpha value is -2.62. The molecule has 0 saturated carbocycles. The van der Waals surface area contributed by atoms with Crippen LogP contribution in [0.15, 0.2) is 48.5 Å². The third kappa shape index (κ3) is 3.79. The van der Waals surface area contributed by atoms with Gasteiger partial charge in [-0.1, -0.05) is 50.1 Å². The highest BCUT2D eigenvalue weighted by atomic mass is 16.1. The summed E-state index contributed by atoms with van der Waals surface area (Å²) in [4.78, 5) is 17.5. The second-order valence-electron chi connectivity index (χ2n) is 6.83. The third-order valence-corrected chi connectivity index (χ3v) is 4.79. The molecule has 0 fully saturated rings. The predicted molar refractivity (Wildman–Crippen MR) is 106 cm³/mol. The molecule has 1 atom stereocenters. The number of carbonyl (C=O) groups excluding carboxylic acids is 1. The zero-order chi connectivity index (χ0) is 18.5. The summed E-state index contributed by atoms with van der Waals surface area (Å²) in [5.41, 5.74) is 3.81. The van der Waals surface area contributed by atoms with Crippen LogP contribution in [-0.2, 0) is 6.54 Å². The number of fused-ring (bicyclic) bond motifs is 1. The summed E-state index contributed by atoms with van der Waals surface area (Å²) in [6.45, 7) is 7.10. The molecule has 0 unspecified atom stereocenters.